The van der Waals surface area contributed by atoms with Crippen LogP contribution in [0.4, 0.5) is 10.5 Å². The van der Waals surface area contributed by atoms with Crippen molar-refractivity contribution in [1.29, 1.82) is 0 Å². The Kier molecular flexibility index (Phi) is 6.13. The van der Waals surface area contributed by atoms with E-state index in [0.29, 0.717) is 37.6 Å². The van der Waals surface area contributed by atoms with E-state index in [-0.39, 0.29) is 22.4 Å². The summed E-state index contributed by atoms with van der Waals surface area (Å²) in [4.78, 5) is 25.4. The van der Waals surface area contributed by atoms with Crippen molar-refractivity contribution in [2.24, 2.45) is 0 Å². The van der Waals surface area contributed by atoms with Crippen molar-refractivity contribution >= 4 is 28.4 Å². The summed E-state index contributed by atoms with van der Waals surface area (Å²) < 4.78 is 17.7. The smallest absolute Gasteiger partial charge is 0.321 e. The number of benzene rings is 1. The zero-order valence-corrected chi connectivity index (χ0v) is 15.7. The molecular formula is C18H25N3O4S. The van der Waals surface area contributed by atoms with Gasteiger partial charge in [-0.25, -0.2) is 4.79 Å². The van der Waals surface area contributed by atoms with Crippen molar-refractivity contribution in [2.75, 3.05) is 32.1 Å². The number of nitrogens with one attached hydrogen (secondary N) is 2. The first-order valence-electron chi connectivity index (χ1n) is 8.95. The second kappa shape index (κ2) is 8.53. The Labute approximate surface area is 155 Å². The van der Waals surface area contributed by atoms with Crippen LogP contribution in [0.25, 0.3) is 0 Å². The maximum atomic E-state index is 12.5. The molecule has 142 valence electrons. The van der Waals surface area contributed by atoms with Gasteiger partial charge >= 0.3 is 6.03 Å². The van der Waals surface area contributed by atoms with Crippen LogP contribution >= 0.6 is 0 Å². The summed E-state index contributed by atoms with van der Waals surface area (Å²) in [6.45, 7) is 1.52. The first kappa shape index (κ1) is 18.7. The highest BCUT2D eigenvalue weighted by Gasteiger charge is 2.38. The van der Waals surface area contributed by atoms with Gasteiger partial charge in [0.15, 0.2) is 0 Å². The number of carbonyl (C=O) groups excluding carboxylic acids is 2. The fraction of sp³-hybridized carbons (Fsp3) is 0.556. The van der Waals surface area contributed by atoms with Crippen LogP contribution in [0.5, 0.6) is 5.75 Å². The van der Waals surface area contributed by atoms with E-state index in [4.69, 9.17) is 4.74 Å². The number of carbonyl (C=O) groups is 2. The molecule has 2 saturated heterocycles. The molecule has 1 aromatic rings. The molecular weight excluding hydrogens is 354 g/mol. The molecule has 3 rings (SSSR count). The minimum Gasteiger partial charge on any atom is -0.493 e. The molecule has 3 unspecified atom stereocenters. The summed E-state index contributed by atoms with van der Waals surface area (Å²) in [5.41, 5.74) is 0.684. The number of hydrogen-bond donors (Lipinski definition) is 2. The van der Waals surface area contributed by atoms with Crippen LogP contribution in [0.15, 0.2) is 24.3 Å². The fourth-order valence-electron chi connectivity index (χ4n) is 3.35. The number of ether oxygens (including phenoxy) is 1. The minimum atomic E-state index is -0.797. The van der Waals surface area contributed by atoms with Crippen LogP contribution < -0.4 is 15.4 Å². The van der Waals surface area contributed by atoms with Crippen molar-refractivity contribution < 1.29 is 18.5 Å². The third kappa shape index (κ3) is 4.55. The number of likely N-dealkylation sites (tertiary alicyclic amines) is 1. The number of nitrogens with zero attached hydrogens (tertiary/aromatic N) is 1. The van der Waals surface area contributed by atoms with Crippen molar-refractivity contribution in [3.05, 3.63) is 24.3 Å². The molecule has 2 heterocycles. The van der Waals surface area contributed by atoms with Crippen LogP contribution in [-0.4, -0.2) is 58.3 Å². The van der Waals surface area contributed by atoms with Crippen molar-refractivity contribution in [2.45, 2.75) is 36.2 Å². The molecule has 3 amide bonds. The van der Waals surface area contributed by atoms with Gasteiger partial charge in [0.1, 0.15) is 5.75 Å². The van der Waals surface area contributed by atoms with E-state index in [0.717, 1.165) is 19.3 Å². The Hall–Kier alpha value is -2.09. The normalized spacial score (nSPS) is 24.7. The average Bonchev–Trinajstić information content (AvgIpc) is 2.88. The van der Waals surface area contributed by atoms with Crippen molar-refractivity contribution in [1.82, 2.24) is 10.2 Å². The second-order valence-electron chi connectivity index (χ2n) is 6.61. The Morgan fingerprint density at radius 3 is 2.65 bits per heavy atom. The number of anilines is 1. The Morgan fingerprint density at radius 1 is 1.19 bits per heavy atom. The average molecular weight is 379 g/mol. The zero-order chi connectivity index (χ0) is 18.5. The molecule has 2 bridgehead atoms. The van der Waals surface area contributed by atoms with Gasteiger partial charge in [0.05, 0.1) is 18.3 Å². The van der Waals surface area contributed by atoms with E-state index in [1.807, 2.05) is 0 Å². The lowest BCUT2D eigenvalue weighted by atomic mass is 10.1. The molecule has 7 nitrogen and oxygen atoms in total. The quantitative estimate of drug-likeness (QED) is 0.815. The van der Waals surface area contributed by atoms with Gasteiger partial charge in [-0.1, -0.05) is 0 Å². The van der Waals surface area contributed by atoms with Gasteiger partial charge in [-0.15, -0.1) is 0 Å². The van der Waals surface area contributed by atoms with Crippen LogP contribution in [0.3, 0.4) is 0 Å². The largest absolute Gasteiger partial charge is 0.493 e. The highest BCUT2D eigenvalue weighted by atomic mass is 32.2. The molecule has 26 heavy (non-hydrogen) atoms. The van der Waals surface area contributed by atoms with Crippen molar-refractivity contribution in [3.8, 4) is 5.75 Å². The number of hydrogen-bond acceptors (Lipinski definition) is 4. The van der Waals surface area contributed by atoms with E-state index in [1.54, 1.807) is 36.2 Å². The minimum absolute atomic E-state index is 0.0686. The van der Waals surface area contributed by atoms with Gasteiger partial charge in [0.25, 0.3) is 0 Å². The first-order valence-corrected chi connectivity index (χ1v) is 10.2. The summed E-state index contributed by atoms with van der Waals surface area (Å²) >= 11 is 0. The molecule has 8 heteroatoms. The van der Waals surface area contributed by atoms with Gasteiger partial charge in [0, 0.05) is 41.9 Å². The Balaban J connectivity index is 1.50. The van der Waals surface area contributed by atoms with E-state index in [9.17, 15) is 13.8 Å². The maximum Gasteiger partial charge on any atom is 0.321 e. The van der Waals surface area contributed by atoms with E-state index >= 15 is 0 Å². The van der Waals surface area contributed by atoms with Gasteiger partial charge in [-0.2, -0.15) is 0 Å². The number of fused-ring (bicyclic) bond motifs is 2. The summed E-state index contributed by atoms with van der Waals surface area (Å²) in [6, 6.07) is 6.92. The van der Waals surface area contributed by atoms with Crippen molar-refractivity contribution in [3.63, 3.8) is 0 Å². The van der Waals surface area contributed by atoms with Gasteiger partial charge in [-0.3, -0.25) is 9.00 Å². The summed E-state index contributed by atoms with van der Waals surface area (Å²) in [6.07, 6.45) is 3.08. The summed E-state index contributed by atoms with van der Waals surface area (Å²) in [7, 11) is 0.793. The lowest BCUT2D eigenvalue weighted by molar-refractivity contribution is -0.121. The molecule has 0 aromatic heterocycles. The zero-order valence-electron chi connectivity index (χ0n) is 14.9. The van der Waals surface area contributed by atoms with Crippen LogP contribution in [0.2, 0.25) is 0 Å². The Morgan fingerprint density at radius 2 is 1.92 bits per heavy atom. The molecule has 2 N–H and O–H groups in total. The highest BCUT2D eigenvalue weighted by molar-refractivity contribution is 7.86. The Bertz CT molecular complexity index is 680. The molecule has 2 aliphatic heterocycles. The van der Waals surface area contributed by atoms with Gasteiger partial charge in [-0.05, 0) is 43.5 Å². The highest BCUT2D eigenvalue weighted by Crippen LogP contribution is 2.30. The molecule has 2 fully saturated rings. The van der Waals surface area contributed by atoms with E-state index in [2.05, 4.69) is 10.6 Å². The predicted molar refractivity (Wildman–Crippen MR) is 101 cm³/mol. The third-order valence-electron chi connectivity index (χ3n) is 4.88. The summed E-state index contributed by atoms with van der Waals surface area (Å²) in [5.74, 6) is 0.579. The molecule has 1 aromatic carbocycles. The molecule has 0 saturated carbocycles. The topological polar surface area (TPSA) is 87.7 Å². The number of urea groups is 1. The SMILES string of the molecule is CNC(=O)CCOc1ccc(NC(=O)N2CCC3CCC(C2)S3=O)cc1. The van der Waals surface area contributed by atoms with Gasteiger partial charge in [0.2, 0.25) is 5.91 Å². The third-order valence-corrected chi connectivity index (χ3v) is 7.05. The lowest BCUT2D eigenvalue weighted by Crippen LogP contribution is -2.40. The molecule has 3 atom stereocenters. The maximum absolute atomic E-state index is 12.5. The summed E-state index contributed by atoms with van der Waals surface area (Å²) in [5, 5.41) is 5.80. The molecule has 0 spiro atoms. The van der Waals surface area contributed by atoms with Crippen LogP contribution in [-0.2, 0) is 15.6 Å². The monoisotopic (exact) mass is 379 g/mol. The first-order chi connectivity index (χ1) is 12.6. The number of amides is 3. The molecule has 0 radical (unpaired) electrons. The number of rotatable bonds is 5. The lowest BCUT2D eigenvalue weighted by Gasteiger charge is -2.24. The van der Waals surface area contributed by atoms with Gasteiger partial charge < -0.3 is 20.3 Å². The molecule has 0 aliphatic carbocycles. The second-order valence-corrected chi connectivity index (χ2v) is 8.60. The fourth-order valence-corrected chi connectivity index (χ4v) is 5.29. The predicted octanol–water partition coefficient (Wildman–Crippen LogP) is 1.72. The van der Waals surface area contributed by atoms with Crippen LogP contribution in [0, 0.1) is 0 Å². The standard InChI is InChI=1S/C18H25N3O4S/c1-19-17(22)9-11-25-14-4-2-13(3-5-14)20-18(23)21-10-8-15-6-7-16(12-21)26(15)24/h2-5,15-16H,6-12H2,1H3,(H,19,22)(H,20,23). The van der Waals surface area contributed by atoms with E-state index in [1.165, 1.54) is 0 Å². The molecule has 2 aliphatic rings. The van der Waals surface area contributed by atoms with Crippen LogP contribution in [0.1, 0.15) is 25.7 Å². The van der Waals surface area contributed by atoms with E-state index < -0.39 is 10.8 Å².